The Morgan fingerprint density at radius 1 is 0.839 bits per heavy atom. The second kappa shape index (κ2) is 12.2. The first kappa shape index (κ1) is 27.1. The average Bonchev–Trinajstić information content (AvgIpc) is 2.69. The summed E-state index contributed by atoms with van der Waals surface area (Å²) in [6, 6.07) is 0. The van der Waals surface area contributed by atoms with Crippen LogP contribution in [0.25, 0.3) is 0 Å². The molecule has 31 heavy (non-hydrogen) atoms. The van der Waals surface area contributed by atoms with Gasteiger partial charge in [-0.05, 0) is 92.9 Å². The predicted molar refractivity (Wildman–Crippen MR) is 134 cm³/mol. The quantitative estimate of drug-likeness (QED) is 0.261. The highest BCUT2D eigenvalue weighted by Crippen LogP contribution is 2.44. The van der Waals surface area contributed by atoms with Crippen molar-refractivity contribution in [3.05, 3.63) is 57.7 Å². The third-order valence-corrected chi connectivity index (χ3v) is 6.79. The first-order valence-electron chi connectivity index (χ1n) is 11.8. The second-order valence-corrected chi connectivity index (χ2v) is 10.1. The zero-order valence-electron chi connectivity index (χ0n) is 21.4. The number of allylic oxidation sites excluding steroid dienone is 10. The summed E-state index contributed by atoms with van der Waals surface area (Å²) < 4.78 is 0. The maximum atomic E-state index is 13.2. The van der Waals surface area contributed by atoms with Crippen LogP contribution in [-0.2, 0) is 9.59 Å². The van der Waals surface area contributed by atoms with E-state index in [2.05, 4.69) is 72.8 Å². The van der Waals surface area contributed by atoms with Crippen molar-refractivity contribution in [2.24, 2.45) is 11.3 Å². The van der Waals surface area contributed by atoms with Gasteiger partial charge in [0.1, 0.15) is 0 Å². The maximum Gasteiger partial charge on any atom is 0.225 e. The molecule has 0 fully saturated rings. The van der Waals surface area contributed by atoms with Gasteiger partial charge in [-0.1, -0.05) is 66.0 Å². The Morgan fingerprint density at radius 2 is 1.32 bits per heavy atom. The maximum absolute atomic E-state index is 13.2. The number of hydrogen-bond donors (Lipinski definition) is 0. The van der Waals surface area contributed by atoms with Crippen LogP contribution < -0.4 is 0 Å². The van der Waals surface area contributed by atoms with Crippen LogP contribution in [0.3, 0.4) is 0 Å². The van der Waals surface area contributed by atoms with Gasteiger partial charge in [-0.3, -0.25) is 9.59 Å². The number of hydrogen-bond acceptors (Lipinski definition) is 2. The highest BCUT2D eigenvalue weighted by atomic mass is 16.2. The van der Waals surface area contributed by atoms with Crippen molar-refractivity contribution in [1.82, 2.24) is 0 Å². The second-order valence-electron chi connectivity index (χ2n) is 10.1. The topological polar surface area (TPSA) is 34.1 Å². The molecule has 1 aliphatic rings. The molecule has 2 nitrogen and oxygen atoms in total. The lowest BCUT2D eigenvalue weighted by atomic mass is 9.62. The molecule has 0 aromatic heterocycles. The van der Waals surface area contributed by atoms with Crippen LogP contribution in [0.15, 0.2) is 57.7 Å². The molecule has 0 bridgehead atoms. The van der Waals surface area contributed by atoms with Crippen molar-refractivity contribution in [3.63, 3.8) is 0 Å². The van der Waals surface area contributed by atoms with Crippen molar-refractivity contribution in [1.29, 1.82) is 0 Å². The van der Waals surface area contributed by atoms with Crippen LogP contribution in [0.2, 0.25) is 0 Å². The molecule has 0 radical (unpaired) electrons. The Labute approximate surface area is 191 Å². The largest absolute Gasteiger partial charge is 0.290 e. The number of ketones is 2. The first-order valence-corrected chi connectivity index (χ1v) is 11.8. The van der Waals surface area contributed by atoms with Crippen LogP contribution >= 0.6 is 0 Å². The zero-order valence-corrected chi connectivity index (χ0v) is 21.4. The van der Waals surface area contributed by atoms with Gasteiger partial charge in [-0.25, -0.2) is 0 Å². The van der Waals surface area contributed by atoms with Crippen LogP contribution in [0.1, 0.15) is 101 Å². The smallest absolute Gasteiger partial charge is 0.225 e. The van der Waals surface area contributed by atoms with Gasteiger partial charge in [0.05, 0.1) is 0 Å². The van der Waals surface area contributed by atoms with Crippen LogP contribution in [0, 0.1) is 11.3 Å². The minimum Gasteiger partial charge on any atom is -0.290 e. The summed E-state index contributed by atoms with van der Waals surface area (Å²) in [5, 5.41) is 0. The Bertz CT molecular complexity index is 821. The van der Waals surface area contributed by atoms with E-state index in [0.717, 1.165) is 31.3 Å². The average molecular weight is 425 g/mol. The van der Waals surface area contributed by atoms with E-state index in [-0.39, 0.29) is 17.5 Å². The molecule has 0 saturated carbocycles. The van der Waals surface area contributed by atoms with E-state index in [9.17, 15) is 9.59 Å². The van der Waals surface area contributed by atoms with E-state index >= 15 is 0 Å². The molecule has 0 spiro atoms. The van der Waals surface area contributed by atoms with Gasteiger partial charge in [0, 0.05) is 11.0 Å². The molecule has 2 atom stereocenters. The lowest BCUT2D eigenvalue weighted by Crippen LogP contribution is -2.44. The highest BCUT2D eigenvalue weighted by molar-refractivity contribution is 6.46. The molecule has 0 saturated heterocycles. The molecular weight excluding hydrogens is 380 g/mol. The molecule has 1 rings (SSSR count). The summed E-state index contributed by atoms with van der Waals surface area (Å²) in [6.07, 6.45) is 14.0. The summed E-state index contributed by atoms with van der Waals surface area (Å²) >= 11 is 0. The molecule has 2 heteroatoms. The molecule has 0 aromatic carbocycles. The Morgan fingerprint density at radius 3 is 1.81 bits per heavy atom. The lowest BCUT2D eigenvalue weighted by Gasteiger charge is -2.38. The molecule has 0 heterocycles. The fraction of sp³-hybridized carbons (Fsp3) is 0.586. The summed E-state index contributed by atoms with van der Waals surface area (Å²) in [7, 11) is 0. The number of rotatable bonds is 10. The molecule has 0 aromatic rings. The van der Waals surface area contributed by atoms with E-state index < -0.39 is 5.41 Å². The fourth-order valence-electron chi connectivity index (χ4n) is 4.08. The summed E-state index contributed by atoms with van der Waals surface area (Å²) in [4.78, 5) is 26.2. The summed E-state index contributed by atoms with van der Waals surface area (Å²) in [5.74, 6) is -0.430. The van der Waals surface area contributed by atoms with E-state index in [1.54, 1.807) is 0 Å². The monoisotopic (exact) mass is 424 g/mol. The molecular formula is C29H44O2. The van der Waals surface area contributed by atoms with Gasteiger partial charge < -0.3 is 0 Å². The highest BCUT2D eigenvalue weighted by Gasteiger charge is 2.47. The fourth-order valence-corrected chi connectivity index (χ4v) is 4.08. The Balaban J connectivity index is 2.96. The van der Waals surface area contributed by atoms with Gasteiger partial charge in [0.15, 0.2) is 0 Å². The Hall–Kier alpha value is -1.96. The molecule has 0 amide bonds. The van der Waals surface area contributed by atoms with Crippen molar-refractivity contribution in [2.45, 2.75) is 101 Å². The molecule has 0 N–H and O–H groups in total. The SMILES string of the molecule is CC(C)=CCC/C(C)=C/CC1=C(C)C(C)C(C)(C/C=C(\C)CCC=C(C)C)C(=O)C1=O. The summed E-state index contributed by atoms with van der Waals surface area (Å²) in [6.45, 7) is 18.8. The van der Waals surface area contributed by atoms with Gasteiger partial charge in [-0.2, -0.15) is 0 Å². The van der Waals surface area contributed by atoms with Crippen LogP contribution in [0.5, 0.6) is 0 Å². The molecule has 0 aliphatic heterocycles. The third kappa shape index (κ3) is 7.91. The van der Waals surface area contributed by atoms with E-state index in [1.165, 1.54) is 22.3 Å². The van der Waals surface area contributed by atoms with E-state index in [1.807, 2.05) is 13.8 Å². The lowest BCUT2D eigenvalue weighted by molar-refractivity contribution is -0.142. The minimum atomic E-state index is -0.648. The van der Waals surface area contributed by atoms with Gasteiger partial charge in [-0.15, -0.1) is 0 Å². The predicted octanol–water partition coefficient (Wildman–Crippen LogP) is 8.26. The van der Waals surface area contributed by atoms with Crippen molar-refractivity contribution in [2.75, 3.05) is 0 Å². The number of carbonyl (C=O) groups excluding carboxylic acids is 2. The van der Waals surface area contributed by atoms with Crippen molar-refractivity contribution >= 4 is 11.6 Å². The molecule has 1 aliphatic carbocycles. The van der Waals surface area contributed by atoms with E-state index in [4.69, 9.17) is 0 Å². The van der Waals surface area contributed by atoms with Gasteiger partial charge in [0.25, 0.3) is 0 Å². The van der Waals surface area contributed by atoms with Gasteiger partial charge in [0.2, 0.25) is 11.6 Å². The Kier molecular flexibility index (Phi) is 10.6. The number of Topliss-reactive ketones (excluding diaryl/α,β-unsaturated/α-hetero) is 2. The minimum absolute atomic E-state index is 0.0638. The zero-order chi connectivity index (χ0) is 23.8. The molecule has 2 unspecified atom stereocenters. The first-order chi connectivity index (χ1) is 14.4. The number of carbonyl (C=O) groups is 2. The van der Waals surface area contributed by atoms with Crippen molar-refractivity contribution in [3.8, 4) is 0 Å². The van der Waals surface area contributed by atoms with Crippen LogP contribution in [0.4, 0.5) is 0 Å². The van der Waals surface area contributed by atoms with Crippen LogP contribution in [-0.4, -0.2) is 11.6 Å². The van der Waals surface area contributed by atoms with E-state index in [0.29, 0.717) is 18.4 Å². The summed E-state index contributed by atoms with van der Waals surface area (Å²) in [5.41, 5.74) is 6.36. The normalized spacial score (nSPS) is 22.7. The molecule has 172 valence electrons. The van der Waals surface area contributed by atoms with Crippen molar-refractivity contribution < 1.29 is 9.59 Å². The van der Waals surface area contributed by atoms with Gasteiger partial charge >= 0.3 is 0 Å². The third-order valence-electron chi connectivity index (χ3n) is 6.79. The standard InChI is InChI=1S/C29H44O2/c1-20(2)12-10-14-22(5)16-17-26-24(7)25(8)29(9,28(31)27(26)30)19-18-23(6)15-11-13-21(3)4/h12-13,16,18,25H,10-11,14-15,17,19H2,1-9H3/b22-16+,23-18+.